The molecule has 0 atom stereocenters. The molecule has 0 amide bonds. The summed E-state index contributed by atoms with van der Waals surface area (Å²) in [5.41, 5.74) is 4.35. The van der Waals surface area contributed by atoms with Gasteiger partial charge >= 0.3 is 5.95 Å². The van der Waals surface area contributed by atoms with Crippen LogP contribution >= 0.6 is 0 Å². The van der Waals surface area contributed by atoms with Gasteiger partial charge in [-0.2, -0.15) is 4.58 Å². The van der Waals surface area contributed by atoms with E-state index in [1.807, 2.05) is 47.0 Å². The Labute approximate surface area is 212 Å². The number of ether oxygens (including phenoxy) is 2. The Balaban J connectivity index is 1.68. The zero-order valence-corrected chi connectivity index (χ0v) is 21.4. The number of allylic oxidation sites excluding steroid dienone is 1. The summed E-state index contributed by atoms with van der Waals surface area (Å²) in [6.45, 7) is 7.71. The highest BCUT2D eigenvalue weighted by Crippen LogP contribution is 2.30. The highest BCUT2D eigenvalue weighted by molar-refractivity contribution is 5.80. The van der Waals surface area contributed by atoms with Gasteiger partial charge in [0.2, 0.25) is 5.36 Å². The molecule has 36 heavy (non-hydrogen) atoms. The van der Waals surface area contributed by atoms with Gasteiger partial charge < -0.3 is 19.7 Å². The number of benzene rings is 3. The molecule has 0 spiro atoms. The molecule has 1 aliphatic heterocycles. The Morgan fingerprint density at radius 2 is 1.69 bits per heavy atom. The third-order valence-corrected chi connectivity index (χ3v) is 6.94. The maximum absolute atomic E-state index is 10.6. The molecule has 1 saturated carbocycles. The molecule has 0 unspecified atom stereocenters. The van der Waals surface area contributed by atoms with Gasteiger partial charge in [0.05, 0.1) is 30.6 Å². The molecule has 5 rings (SSSR count). The topological polar surface area (TPSA) is 61.9 Å². The molecule has 1 fully saturated rings. The lowest BCUT2D eigenvalue weighted by Crippen LogP contribution is -2.33. The normalized spacial score (nSPS) is 15.2. The highest BCUT2D eigenvalue weighted by atomic mass is 16.5. The molecule has 2 N–H and O–H groups in total. The van der Waals surface area contributed by atoms with Crippen molar-refractivity contribution in [2.45, 2.75) is 45.6 Å². The Hall–Kier alpha value is -3.73. The van der Waals surface area contributed by atoms with Gasteiger partial charge in [-0.15, -0.1) is 0 Å². The summed E-state index contributed by atoms with van der Waals surface area (Å²) >= 11 is 0. The monoisotopic (exact) mass is 484 g/mol. The third kappa shape index (κ3) is 4.83. The summed E-state index contributed by atoms with van der Waals surface area (Å²) in [6, 6.07) is 22.2. The fourth-order valence-corrected chi connectivity index (χ4v) is 4.70. The van der Waals surface area contributed by atoms with Crippen molar-refractivity contribution in [2.75, 3.05) is 13.7 Å². The largest absolute Gasteiger partial charge is 0.497 e. The average molecular weight is 485 g/mol. The van der Waals surface area contributed by atoms with Gasteiger partial charge in [-0.3, -0.25) is 0 Å². The molecule has 0 bridgehead atoms. The number of hydrogen-bond donors (Lipinski definition) is 2. The van der Waals surface area contributed by atoms with Crippen LogP contribution in [0.2, 0.25) is 0 Å². The van der Waals surface area contributed by atoms with Crippen LogP contribution in [0.1, 0.15) is 50.3 Å². The predicted octanol–water partition coefficient (Wildman–Crippen LogP) is 4.97. The van der Waals surface area contributed by atoms with Crippen LogP contribution in [0.15, 0.2) is 78.4 Å². The van der Waals surface area contributed by atoms with Crippen molar-refractivity contribution in [3.63, 3.8) is 0 Å². The molecule has 2 aliphatic rings. The van der Waals surface area contributed by atoms with Crippen molar-refractivity contribution in [3.8, 4) is 11.5 Å². The number of aliphatic hydroxyl groups is 2. The molecular weight excluding hydrogens is 450 g/mol. The van der Waals surface area contributed by atoms with E-state index in [0.717, 1.165) is 38.8 Å². The number of rotatable bonds is 7. The number of fused-ring (bicyclic) bond motifs is 1. The second-order valence-electron chi connectivity index (χ2n) is 10.7. The first kappa shape index (κ1) is 24.0. The van der Waals surface area contributed by atoms with Crippen LogP contribution in [0.4, 0.5) is 0 Å². The Morgan fingerprint density at radius 1 is 0.944 bits per heavy atom. The smallest absolute Gasteiger partial charge is 0.350 e. The molecule has 0 saturated heterocycles. The van der Waals surface area contributed by atoms with Gasteiger partial charge in [0.15, 0.2) is 6.54 Å². The van der Waals surface area contributed by atoms with Gasteiger partial charge in [0, 0.05) is 5.56 Å². The van der Waals surface area contributed by atoms with E-state index in [2.05, 4.69) is 45.0 Å². The first-order valence-electron chi connectivity index (χ1n) is 12.5. The second kappa shape index (κ2) is 9.38. The summed E-state index contributed by atoms with van der Waals surface area (Å²) in [5.74, 6) is 1.49. The van der Waals surface area contributed by atoms with E-state index in [9.17, 15) is 10.2 Å². The van der Waals surface area contributed by atoms with Crippen molar-refractivity contribution < 1.29 is 19.7 Å². The molecule has 5 heteroatoms. The summed E-state index contributed by atoms with van der Waals surface area (Å²) in [5, 5.41) is 22.9. The fraction of sp³-hybridized carbons (Fsp3) is 0.323. The molecular formula is C31H34NO4+. The SMILES string of the molecule is COc1cccc(C[N+]2=c3cc(OCC4CC4)ccc3=C(c3ccc(C(C)(C)C)cc3)C2=C(O)O)c1. The molecule has 186 valence electrons. The zero-order valence-electron chi connectivity index (χ0n) is 21.4. The van der Waals surface area contributed by atoms with E-state index in [-0.39, 0.29) is 5.41 Å². The third-order valence-electron chi connectivity index (χ3n) is 6.94. The molecule has 3 aromatic rings. The van der Waals surface area contributed by atoms with Gasteiger partial charge in [-0.05, 0) is 59.6 Å². The number of aliphatic hydroxyl groups excluding tert-OH is 1. The van der Waals surface area contributed by atoms with Crippen LogP contribution in [0.5, 0.6) is 11.5 Å². The molecule has 0 aromatic heterocycles. The van der Waals surface area contributed by atoms with E-state index in [4.69, 9.17) is 9.47 Å². The molecule has 1 heterocycles. The number of methoxy groups -OCH3 is 1. The minimum atomic E-state index is -0.704. The lowest BCUT2D eigenvalue weighted by molar-refractivity contribution is 0.182. The lowest BCUT2D eigenvalue weighted by Gasteiger charge is -2.19. The van der Waals surface area contributed by atoms with E-state index >= 15 is 0 Å². The van der Waals surface area contributed by atoms with Crippen molar-refractivity contribution in [3.05, 3.63) is 106 Å². The molecule has 0 radical (unpaired) electrons. The lowest BCUT2D eigenvalue weighted by atomic mass is 9.86. The van der Waals surface area contributed by atoms with Gasteiger partial charge in [0.25, 0.3) is 5.70 Å². The van der Waals surface area contributed by atoms with E-state index in [1.165, 1.54) is 18.4 Å². The van der Waals surface area contributed by atoms with Crippen LogP contribution in [-0.4, -0.2) is 23.9 Å². The average Bonchev–Trinajstić information content (AvgIpc) is 3.64. The molecule has 1 aliphatic carbocycles. The van der Waals surface area contributed by atoms with Crippen LogP contribution in [0, 0.1) is 5.92 Å². The summed E-state index contributed by atoms with van der Waals surface area (Å²) in [6.07, 6.45) is 2.45. The van der Waals surface area contributed by atoms with Crippen LogP contribution < -0.4 is 24.6 Å². The number of nitrogens with zero attached hydrogens (tertiary/aromatic N) is 1. The van der Waals surface area contributed by atoms with Crippen LogP contribution in [0.3, 0.4) is 0 Å². The summed E-state index contributed by atoms with van der Waals surface area (Å²) in [4.78, 5) is 0. The van der Waals surface area contributed by atoms with Crippen molar-refractivity contribution in [1.29, 1.82) is 0 Å². The Morgan fingerprint density at radius 3 is 2.33 bits per heavy atom. The van der Waals surface area contributed by atoms with Crippen LogP contribution in [-0.2, 0) is 12.0 Å². The predicted molar refractivity (Wildman–Crippen MR) is 142 cm³/mol. The van der Waals surface area contributed by atoms with Crippen molar-refractivity contribution in [1.82, 2.24) is 4.58 Å². The van der Waals surface area contributed by atoms with Gasteiger partial charge in [-0.1, -0.05) is 57.2 Å². The Bertz CT molecular complexity index is 1440. The number of hydrogen-bond acceptors (Lipinski definition) is 4. The maximum atomic E-state index is 10.6. The second-order valence-corrected chi connectivity index (χ2v) is 10.7. The zero-order chi connectivity index (χ0) is 25.4. The van der Waals surface area contributed by atoms with E-state index in [0.29, 0.717) is 24.8 Å². The standard InChI is InChI=1S/C31H33NO4/c1-31(2,3)23-12-10-22(11-13-23)28-26-15-14-25(36-19-20-8-9-20)17-27(26)32(29(28)30(33)34)18-21-6-5-7-24(16-21)35-4/h5-7,10-17,20H,8-9,18-19H2,1-4H3,(H,33,34)/p+1. The Kier molecular flexibility index (Phi) is 6.25. The quantitative estimate of drug-likeness (QED) is 0.367. The summed E-state index contributed by atoms with van der Waals surface area (Å²) < 4.78 is 13.5. The molecule has 3 aromatic carbocycles. The van der Waals surface area contributed by atoms with E-state index < -0.39 is 5.95 Å². The molecule has 5 nitrogen and oxygen atoms in total. The van der Waals surface area contributed by atoms with Crippen molar-refractivity contribution in [2.24, 2.45) is 5.92 Å². The fourth-order valence-electron chi connectivity index (χ4n) is 4.70. The van der Waals surface area contributed by atoms with Crippen molar-refractivity contribution >= 4 is 5.57 Å². The van der Waals surface area contributed by atoms with E-state index in [1.54, 1.807) is 7.11 Å². The maximum Gasteiger partial charge on any atom is 0.350 e. The van der Waals surface area contributed by atoms with Gasteiger partial charge in [-0.25, -0.2) is 0 Å². The highest BCUT2D eigenvalue weighted by Gasteiger charge is 2.34. The first-order chi connectivity index (χ1) is 17.2. The van der Waals surface area contributed by atoms with Gasteiger partial charge in [0.1, 0.15) is 11.5 Å². The first-order valence-corrected chi connectivity index (χ1v) is 12.5. The minimum absolute atomic E-state index is 0.0285. The van der Waals surface area contributed by atoms with Crippen LogP contribution in [0.25, 0.3) is 5.57 Å². The minimum Gasteiger partial charge on any atom is -0.497 e. The summed E-state index contributed by atoms with van der Waals surface area (Å²) in [7, 11) is 1.64.